The number of hydrogen-bond donors (Lipinski definition) is 0. The number of hydrogen-bond acceptors (Lipinski definition) is 2. The fourth-order valence-corrected chi connectivity index (χ4v) is 9.31. The standard InChI is InChI=1S/C58H38N2O/c1-3-13-39(14-4-1)42-23-25-44(26-24-42)56-57-50-19-9-11-21-52(50)60(53(57)38-55-58(56)51-20-10-12-22-54(51)61-55)48-35-33-47(34-36-48)59(49-32-29-41-17-7-8-18-45(41)37-49)46-30-27-43(28-31-46)40-15-5-2-6-16-40/h1-38H. The highest BCUT2D eigenvalue weighted by Gasteiger charge is 2.23. The van der Waals surface area contributed by atoms with E-state index >= 15 is 0 Å². The molecule has 0 aliphatic rings. The van der Waals surface area contributed by atoms with Crippen molar-refractivity contribution in [3.8, 4) is 39.1 Å². The van der Waals surface area contributed by atoms with Gasteiger partial charge in [-0.15, -0.1) is 0 Å². The van der Waals surface area contributed by atoms with Gasteiger partial charge < -0.3 is 13.9 Å². The molecule has 0 radical (unpaired) electrons. The Morgan fingerprint density at radius 3 is 1.56 bits per heavy atom. The highest BCUT2D eigenvalue weighted by atomic mass is 16.3. The molecule has 0 amide bonds. The maximum absolute atomic E-state index is 6.70. The molecule has 0 saturated carbocycles. The minimum atomic E-state index is 0.873. The van der Waals surface area contributed by atoms with Gasteiger partial charge in [0.05, 0.1) is 11.0 Å². The molecule has 61 heavy (non-hydrogen) atoms. The van der Waals surface area contributed by atoms with Crippen LogP contribution in [0.1, 0.15) is 0 Å². The summed E-state index contributed by atoms with van der Waals surface area (Å²) in [5.74, 6) is 0. The summed E-state index contributed by atoms with van der Waals surface area (Å²) in [4.78, 5) is 2.35. The number of rotatable bonds is 7. The van der Waals surface area contributed by atoms with Crippen LogP contribution in [0, 0.1) is 0 Å². The molecule has 0 fully saturated rings. The Labute approximate surface area is 353 Å². The van der Waals surface area contributed by atoms with Crippen LogP contribution in [0.15, 0.2) is 235 Å². The van der Waals surface area contributed by atoms with Crippen molar-refractivity contribution in [1.29, 1.82) is 0 Å². The molecule has 0 N–H and O–H groups in total. The van der Waals surface area contributed by atoms with Crippen molar-refractivity contribution in [1.82, 2.24) is 4.57 Å². The molecule has 10 aromatic carbocycles. The largest absolute Gasteiger partial charge is 0.456 e. The molecular formula is C58H38N2O. The second-order valence-corrected chi connectivity index (χ2v) is 15.7. The number of furan rings is 1. The molecule has 0 aliphatic carbocycles. The molecule has 2 aromatic heterocycles. The summed E-state index contributed by atoms with van der Waals surface area (Å²) >= 11 is 0. The molecule has 0 saturated heterocycles. The molecule has 3 heteroatoms. The SMILES string of the molecule is c1ccc(-c2ccc(-c3c4c(cc5c3c3ccccc3n5-c3ccc(N(c5ccc(-c6ccccc6)cc5)c5ccc6ccccc6c5)cc3)oc3ccccc34)cc2)cc1. The van der Waals surface area contributed by atoms with Crippen LogP contribution in [0.3, 0.4) is 0 Å². The first-order valence-corrected chi connectivity index (χ1v) is 20.8. The first-order valence-electron chi connectivity index (χ1n) is 20.8. The van der Waals surface area contributed by atoms with Gasteiger partial charge in [0.2, 0.25) is 0 Å². The molecule has 12 rings (SSSR count). The molecule has 12 aromatic rings. The van der Waals surface area contributed by atoms with Crippen LogP contribution in [0.2, 0.25) is 0 Å². The normalized spacial score (nSPS) is 11.6. The number of nitrogens with zero attached hydrogens (tertiary/aromatic N) is 2. The second kappa shape index (κ2) is 14.3. The van der Waals surface area contributed by atoms with Crippen LogP contribution in [-0.2, 0) is 0 Å². The highest BCUT2D eigenvalue weighted by molar-refractivity contribution is 6.27. The summed E-state index contributed by atoms with van der Waals surface area (Å²) in [6.45, 7) is 0. The number of aromatic nitrogens is 1. The maximum Gasteiger partial charge on any atom is 0.138 e. The van der Waals surface area contributed by atoms with Crippen molar-refractivity contribution in [3.05, 3.63) is 231 Å². The topological polar surface area (TPSA) is 21.3 Å². The third-order valence-electron chi connectivity index (χ3n) is 12.2. The number of anilines is 3. The lowest BCUT2D eigenvalue weighted by molar-refractivity contribution is 0.669. The fourth-order valence-electron chi connectivity index (χ4n) is 9.31. The second-order valence-electron chi connectivity index (χ2n) is 15.7. The van der Waals surface area contributed by atoms with Gasteiger partial charge in [-0.05, 0) is 99.3 Å². The Morgan fingerprint density at radius 2 is 0.852 bits per heavy atom. The lowest BCUT2D eigenvalue weighted by Crippen LogP contribution is -2.10. The Balaban J connectivity index is 1.04. The van der Waals surface area contributed by atoms with Gasteiger partial charge in [0.1, 0.15) is 11.2 Å². The minimum absolute atomic E-state index is 0.873. The Kier molecular flexibility index (Phi) is 8.17. The van der Waals surface area contributed by atoms with Crippen molar-refractivity contribution in [2.24, 2.45) is 0 Å². The van der Waals surface area contributed by atoms with Gasteiger partial charge >= 0.3 is 0 Å². The van der Waals surface area contributed by atoms with E-state index in [-0.39, 0.29) is 0 Å². The van der Waals surface area contributed by atoms with E-state index in [9.17, 15) is 0 Å². The van der Waals surface area contributed by atoms with Crippen molar-refractivity contribution in [3.63, 3.8) is 0 Å². The molecule has 3 nitrogen and oxygen atoms in total. The van der Waals surface area contributed by atoms with Gasteiger partial charge in [0, 0.05) is 55.9 Å². The first kappa shape index (κ1) is 34.9. The number of benzene rings is 10. The summed E-state index contributed by atoms with van der Waals surface area (Å²) in [5, 5.41) is 7.09. The van der Waals surface area contributed by atoms with Crippen LogP contribution in [-0.4, -0.2) is 4.57 Å². The van der Waals surface area contributed by atoms with Crippen LogP contribution in [0.4, 0.5) is 17.1 Å². The van der Waals surface area contributed by atoms with Crippen molar-refractivity contribution >= 4 is 71.6 Å². The van der Waals surface area contributed by atoms with Gasteiger partial charge in [-0.2, -0.15) is 0 Å². The first-order chi connectivity index (χ1) is 30.2. The van der Waals surface area contributed by atoms with Gasteiger partial charge in [0.25, 0.3) is 0 Å². The molecular weight excluding hydrogens is 741 g/mol. The molecule has 2 heterocycles. The minimum Gasteiger partial charge on any atom is -0.456 e. The lowest BCUT2D eigenvalue weighted by Gasteiger charge is -2.26. The summed E-state index contributed by atoms with van der Waals surface area (Å²) in [5.41, 5.74) is 15.5. The van der Waals surface area contributed by atoms with E-state index in [1.807, 2.05) is 0 Å². The zero-order valence-corrected chi connectivity index (χ0v) is 33.2. The molecule has 286 valence electrons. The number of para-hydroxylation sites is 2. The Bertz CT molecular complexity index is 3550. The van der Waals surface area contributed by atoms with Crippen molar-refractivity contribution in [2.45, 2.75) is 0 Å². The molecule has 0 atom stereocenters. The highest BCUT2D eigenvalue weighted by Crippen LogP contribution is 2.47. The van der Waals surface area contributed by atoms with Crippen LogP contribution >= 0.6 is 0 Å². The molecule has 0 bridgehead atoms. The average molecular weight is 779 g/mol. The van der Waals surface area contributed by atoms with Crippen molar-refractivity contribution in [2.75, 3.05) is 4.90 Å². The van der Waals surface area contributed by atoms with Crippen molar-refractivity contribution < 1.29 is 4.42 Å². The number of fused-ring (bicyclic) bond motifs is 7. The smallest absolute Gasteiger partial charge is 0.138 e. The van der Waals surface area contributed by atoms with Crippen LogP contribution in [0.25, 0.3) is 93.6 Å². The van der Waals surface area contributed by atoms with Crippen LogP contribution in [0.5, 0.6) is 0 Å². The molecule has 0 aliphatic heterocycles. The fraction of sp³-hybridized carbons (Fsp3) is 0. The van der Waals surface area contributed by atoms with Gasteiger partial charge in [0.15, 0.2) is 0 Å². The van der Waals surface area contributed by atoms with E-state index in [1.54, 1.807) is 0 Å². The van der Waals surface area contributed by atoms with E-state index in [0.29, 0.717) is 0 Å². The maximum atomic E-state index is 6.70. The van der Waals surface area contributed by atoms with E-state index in [0.717, 1.165) is 61.3 Å². The zero-order valence-electron chi connectivity index (χ0n) is 33.2. The lowest BCUT2D eigenvalue weighted by atomic mass is 9.93. The Hall–Kier alpha value is -8.14. The monoisotopic (exact) mass is 778 g/mol. The summed E-state index contributed by atoms with van der Waals surface area (Å²) in [7, 11) is 0. The molecule has 0 spiro atoms. The van der Waals surface area contributed by atoms with Gasteiger partial charge in [-0.25, -0.2) is 0 Å². The summed E-state index contributed by atoms with van der Waals surface area (Å²) in [6.07, 6.45) is 0. The van der Waals surface area contributed by atoms with E-state index in [4.69, 9.17) is 4.42 Å². The predicted octanol–water partition coefficient (Wildman–Crippen LogP) is 16.3. The van der Waals surface area contributed by atoms with E-state index in [1.165, 1.54) is 49.4 Å². The summed E-state index contributed by atoms with van der Waals surface area (Å²) in [6, 6.07) is 82.8. The summed E-state index contributed by atoms with van der Waals surface area (Å²) < 4.78 is 9.10. The average Bonchev–Trinajstić information content (AvgIpc) is 3.87. The van der Waals surface area contributed by atoms with Crippen LogP contribution < -0.4 is 4.90 Å². The quantitative estimate of drug-likeness (QED) is 0.161. The zero-order chi connectivity index (χ0) is 40.3. The van der Waals surface area contributed by atoms with E-state index < -0.39 is 0 Å². The third-order valence-corrected chi connectivity index (χ3v) is 12.2. The predicted molar refractivity (Wildman–Crippen MR) is 257 cm³/mol. The molecule has 0 unspecified atom stereocenters. The van der Waals surface area contributed by atoms with Gasteiger partial charge in [-0.3, -0.25) is 0 Å². The van der Waals surface area contributed by atoms with Gasteiger partial charge in [-0.1, -0.05) is 164 Å². The third kappa shape index (κ3) is 5.90. The Morgan fingerprint density at radius 1 is 0.328 bits per heavy atom. The van der Waals surface area contributed by atoms with E-state index in [2.05, 4.69) is 240 Å².